The van der Waals surface area contributed by atoms with Gasteiger partial charge in [-0.1, -0.05) is 12.1 Å². The maximum Gasteiger partial charge on any atom is 0.191 e. The number of nitrogens with zero attached hydrogens (tertiary/aromatic N) is 2. The van der Waals surface area contributed by atoms with Crippen LogP contribution in [0.4, 0.5) is 5.69 Å². The zero-order chi connectivity index (χ0) is 15.9. The van der Waals surface area contributed by atoms with Gasteiger partial charge in [0, 0.05) is 47.0 Å². The van der Waals surface area contributed by atoms with Crippen LogP contribution in [0.5, 0.6) is 0 Å². The molecule has 0 bridgehead atoms. The first-order valence-electron chi connectivity index (χ1n) is 7.14. The second kappa shape index (κ2) is 9.89. The minimum atomic E-state index is -0.217. The van der Waals surface area contributed by atoms with Gasteiger partial charge in [0.1, 0.15) is 0 Å². The van der Waals surface area contributed by atoms with E-state index in [1.807, 2.05) is 27.9 Å². The van der Waals surface area contributed by atoms with Crippen molar-refractivity contribution in [2.75, 3.05) is 39.7 Å². The van der Waals surface area contributed by atoms with Gasteiger partial charge in [0.05, 0.1) is 5.60 Å². The van der Waals surface area contributed by atoms with Gasteiger partial charge in [-0.15, -0.1) is 24.0 Å². The molecule has 0 aliphatic rings. The quantitative estimate of drug-likeness (QED) is 0.422. The SMILES string of the molecule is CN=C(NCc1ccc(N(C)C)cc1)NCC(C)(C)OC.I. The van der Waals surface area contributed by atoms with Gasteiger partial charge in [-0.05, 0) is 31.5 Å². The number of halogens is 1. The molecule has 0 unspecified atom stereocenters. The van der Waals surface area contributed by atoms with Crippen LogP contribution in [0, 0.1) is 0 Å². The van der Waals surface area contributed by atoms with E-state index in [1.54, 1.807) is 14.2 Å². The molecule has 0 amide bonds. The van der Waals surface area contributed by atoms with Crippen LogP contribution in [-0.4, -0.2) is 46.4 Å². The van der Waals surface area contributed by atoms with E-state index in [-0.39, 0.29) is 29.6 Å². The Labute approximate surface area is 151 Å². The Balaban J connectivity index is 0.00000441. The molecule has 2 N–H and O–H groups in total. The van der Waals surface area contributed by atoms with Gasteiger partial charge in [-0.3, -0.25) is 4.99 Å². The van der Waals surface area contributed by atoms with E-state index in [1.165, 1.54) is 11.3 Å². The Morgan fingerprint density at radius 1 is 1.18 bits per heavy atom. The lowest BCUT2D eigenvalue weighted by atomic mass is 10.1. The van der Waals surface area contributed by atoms with Crippen LogP contribution in [0.25, 0.3) is 0 Å². The van der Waals surface area contributed by atoms with E-state index in [9.17, 15) is 0 Å². The molecule has 5 nitrogen and oxygen atoms in total. The fourth-order valence-corrected chi connectivity index (χ4v) is 1.69. The van der Waals surface area contributed by atoms with Crippen molar-refractivity contribution < 1.29 is 4.74 Å². The number of aliphatic imine (C=N–C) groups is 1. The predicted octanol–water partition coefficient (Wildman–Crippen LogP) is 2.46. The molecule has 6 heteroatoms. The molecule has 0 saturated heterocycles. The molecule has 0 heterocycles. The number of benzene rings is 1. The Hall–Kier alpha value is -1.02. The van der Waals surface area contributed by atoms with Crippen molar-refractivity contribution in [3.63, 3.8) is 0 Å². The summed E-state index contributed by atoms with van der Waals surface area (Å²) in [5, 5.41) is 6.57. The highest BCUT2D eigenvalue weighted by molar-refractivity contribution is 14.0. The van der Waals surface area contributed by atoms with E-state index in [0.717, 1.165) is 12.5 Å². The van der Waals surface area contributed by atoms with Crippen molar-refractivity contribution in [2.45, 2.75) is 26.0 Å². The molecule has 1 aromatic carbocycles. The number of anilines is 1. The first-order valence-corrected chi connectivity index (χ1v) is 7.14. The molecular weight excluding hydrogens is 391 g/mol. The average molecular weight is 420 g/mol. The number of rotatable bonds is 6. The molecule has 0 spiro atoms. The van der Waals surface area contributed by atoms with Gasteiger partial charge in [-0.25, -0.2) is 0 Å². The molecule has 1 rings (SSSR count). The Morgan fingerprint density at radius 3 is 2.23 bits per heavy atom. The Morgan fingerprint density at radius 2 is 1.77 bits per heavy atom. The lowest BCUT2D eigenvalue weighted by Crippen LogP contribution is -2.45. The summed E-state index contributed by atoms with van der Waals surface area (Å²) in [5.74, 6) is 0.775. The highest BCUT2D eigenvalue weighted by Crippen LogP contribution is 2.12. The van der Waals surface area contributed by atoms with Crippen LogP contribution >= 0.6 is 24.0 Å². The molecule has 0 atom stereocenters. The number of ether oxygens (including phenoxy) is 1. The number of methoxy groups -OCH3 is 1. The average Bonchev–Trinajstić information content (AvgIpc) is 2.48. The molecule has 0 aliphatic carbocycles. The highest BCUT2D eigenvalue weighted by atomic mass is 127. The smallest absolute Gasteiger partial charge is 0.191 e. The summed E-state index contributed by atoms with van der Waals surface area (Å²) in [7, 11) is 7.56. The third kappa shape index (κ3) is 7.31. The van der Waals surface area contributed by atoms with Crippen molar-refractivity contribution in [1.82, 2.24) is 10.6 Å². The number of nitrogens with one attached hydrogen (secondary N) is 2. The van der Waals surface area contributed by atoms with Crippen LogP contribution in [-0.2, 0) is 11.3 Å². The number of hydrogen-bond acceptors (Lipinski definition) is 3. The van der Waals surface area contributed by atoms with Crippen LogP contribution in [0.3, 0.4) is 0 Å². The van der Waals surface area contributed by atoms with Crippen molar-refractivity contribution >= 4 is 35.6 Å². The fourth-order valence-electron chi connectivity index (χ4n) is 1.69. The second-order valence-electron chi connectivity index (χ2n) is 5.80. The van der Waals surface area contributed by atoms with Crippen LogP contribution in [0.1, 0.15) is 19.4 Å². The number of guanidine groups is 1. The van der Waals surface area contributed by atoms with Gasteiger partial charge in [0.15, 0.2) is 5.96 Å². The standard InChI is InChI=1S/C16H28N4O.HI/c1-16(2,21-6)12-19-15(17-3)18-11-13-7-9-14(10-8-13)20(4)5;/h7-10H,11-12H2,1-6H3,(H2,17,18,19);1H. The van der Waals surface area contributed by atoms with E-state index >= 15 is 0 Å². The topological polar surface area (TPSA) is 48.9 Å². The van der Waals surface area contributed by atoms with E-state index in [2.05, 4.69) is 44.8 Å². The molecule has 0 radical (unpaired) electrons. The normalized spacial score (nSPS) is 11.6. The molecule has 0 fully saturated rings. The van der Waals surface area contributed by atoms with Crippen molar-refractivity contribution in [3.8, 4) is 0 Å². The zero-order valence-corrected chi connectivity index (χ0v) is 16.8. The predicted molar refractivity (Wildman–Crippen MR) is 105 cm³/mol. The summed E-state index contributed by atoms with van der Waals surface area (Å²) in [4.78, 5) is 6.30. The summed E-state index contributed by atoms with van der Waals surface area (Å²) in [5.41, 5.74) is 2.20. The second-order valence-corrected chi connectivity index (χ2v) is 5.80. The van der Waals surface area contributed by atoms with Gasteiger partial charge >= 0.3 is 0 Å². The summed E-state index contributed by atoms with van der Waals surface area (Å²) in [6.45, 7) is 5.50. The molecule has 1 aromatic rings. The molecular formula is C16H29IN4O. The lowest BCUT2D eigenvalue weighted by Gasteiger charge is -2.24. The summed E-state index contributed by atoms with van der Waals surface area (Å²) in [6.07, 6.45) is 0. The first-order chi connectivity index (χ1) is 9.88. The van der Waals surface area contributed by atoms with Gasteiger partial charge < -0.3 is 20.3 Å². The van der Waals surface area contributed by atoms with Crippen LogP contribution in [0.2, 0.25) is 0 Å². The Kier molecular flexibility index (Phi) is 9.43. The zero-order valence-electron chi connectivity index (χ0n) is 14.4. The van der Waals surface area contributed by atoms with Crippen molar-refractivity contribution in [1.29, 1.82) is 0 Å². The van der Waals surface area contributed by atoms with Crippen LogP contribution < -0.4 is 15.5 Å². The maximum absolute atomic E-state index is 5.38. The largest absolute Gasteiger partial charge is 0.378 e. The fraction of sp³-hybridized carbons (Fsp3) is 0.562. The molecule has 0 aromatic heterocycles. The first kappa shape index (κ1) is 21.0. The maximum atomic E-state index is 5.38. The van der Waals surface area contributed by atoms with Gasteiger partial charge in [-0.2, -0.15) is 0 Å². The van der Waals surface area contributed by atoms with Crippen molar-refractivity contribution in [2.24, 2.45) is 4.99 Å². The third-order valence-corrected chi connectivity index (χ3v) is 3.37. The minimum absolute atomic E-state index is 0. The van der Waals surface area contributed by atoms with E-state index < -0.39 is 0 Å². The van der Waals surface area contributed by atoms with Gasteiger partial charge in [0.2, 0.25) is 0 Å². The van der Waals surface area contributed by atoms with Crippen LogP contribution in [0.15, 0.2) is 29.3 Å². The Bertz CT molecular complexity index is 458. The van der Waals surface area contributed by atoms with E-state index in [0.29, 0.717) is 6.54 Å². The highest BCUT2D eigenvalue weighted by Gasteiger charge is 2.16. The molecule has 0 aliphatic heterocycles. The minimum Gasteiger partial charge on any atom is -0.378 e. The summed E-state index contributed by atoms with van der Waals surface area (Å²) < 4.78 is 5.38. The molecule has 22 heavy (non-hydrogen) atoms. The lowest BCUT2D eigenvalue weighted by molar-refractivity contribution is 0.0268. The van der Waals surface area contributed by atoms with E-state index in [4.69, 9.17) is 4.74 Å². The van der Waals surface area contributed by atoms with Crippen molar-refractivity contribution in [3.05, 3.63) is 29.8 Å². The third-order valence-electron chi connectivity index (χ3n) is 3.37. The molecule has 0 saturated carbocycles. The summed E-state index contributed by atoms with van der Waals surface area (Å²) >= 11 is 0. The van der Waals surface area contributed by atoms with Gasteiger partial charge in [0.25, 0.3) is 0 Å². The summed E-state index contributed by atoms with van der Waals surface area (Å²) in [6, 6.07) is 8.46. The number of hydrogen-bond donors (Lipinski definition) is 2. The molecule has 126 valence electrons. The monoisotopic (exact) mass is 420 g/mol.